The molecule has 1 aliphatic heterocycles. The minimum absolute atomic E-state index is 0.103. The summed E-state index contributed by atoms with van der Waals surface area (Å²) in [5.41, 5.74) is 10.6. The fourth-order valence-corrected chi connectivity index (χ4v) is 4.69. The predicted molar refractivity (Wildman–Crippen MR) is 134 cm³/mol. The van der Waals surface area contributed by atoms with Crippen LogP contribution in [0.2, 0.25) is 0 Å². The van der Waals surface area contributed by atoms with Crippen LogP contribution in [0.5, 0.6) is 0 Å². The number of nitrogens with one attached hydrogen (secondary N) is 1. The summed E-state index contributed by atoms with van der Waals surface area (Å²) in [4.78, 5) is 17.4. The lowest BCUT2D eigenvalue weighted by Crippen LogP contribution is -2.17. The molecular weight excluding hydrogens is 380 g/mol. The van der Waals surface area contributed by atoms with E-state index in [0.29, 0.717) is 0 Å². The van der Waals surface area contributed by atoms with Gasteiger partial charge in [-0.15, -0.1) is 0 Å². The van der Waals surface area contributed by atoms with Gasteiger partial charge in [-0.3, -0.25) is 9.78 Å². The van der Waals surface area contributed by atoms with Crippen LogP contribution in [0.25, 0.3) is 5.57 Å². The Balaban J connectivity index is 0.000000513. The van der Waals surface area contributed by atoms with Gasteiger partial charge in [-0.25, -0.2) is 0 Å². The van der Waals surface area contributed by atoms with E-state index in [9.17, 15) is 4.79 Å². The number of rotatable bonds is 1. The van der Waals surface area contributed by atoms with Crippen molar-refractivity contribution in [1.82, 2.24) is 4.98 Å². The summed E-state index contributed by atoms with van der Waals surface area (Å²) < 4.78 is 0. The Morgan fingerprint density at radius 1 is 0.968 bits per heavy atom. The Bertz CT molecular complexity index is 946. The van der Waals surface area contributed by atoms with Crippen molar-refractivity contribution in [2.75, 3.05) is 5.32 Å². The molecule has 3 heteroatoms. The molecule has 2 aromatic rings. The summed E-state index contributed by atoms with van der Waals surface area (Å²) in [7, 11) is 0. The molecule has 0 saturated heterocycles. The molecule has 2 unspecified atom stereocenters. The molecule has 3 nitrogen and oxygen atoms in total. The highest BCUT2D eigenvalue weighted by Gasteiger charge is 2.39. The van der Waals surface area contributed by atoms with E-state index in [1.54, 1.807) is 0 Å². The second kappa shape index (κ2) is 10.7. The zero-order valence-electron chi connectivity index (χ0n) is 20.9. The maximum Gasteiger partial charge on any atom is 0.232 e. The molecule has 1 N–H and O–H groups in total. The van der Waals surface area contributed by atoms with Gasteiger partial charge in [0.05, 0.1) is 11.6 Å². The number of carbonyl (C=O) groups is 1. The summed E-state index contributed by atoms with van der Waals surface area (Å²) in [6, 6.07) is 6.48. The molecule has 2 heterocycles. The number of benzene rings is 1. The van der Waals surface area contributed by atoms with Crippen molar-refractivity contribution in [2.45, 2.75) is 87.5 Å². The molecule has 0 spiro atoms. The van der Waals surface area contributed by atoms with Gasteiger partial charge in [0, 0.05) is 23.4 Å². The number of carbonyl (C=O) groups excluding carboxylic acids is 1. The van der Waals surface area contributed by atoms with E-state index in [2.05, 4.69) is 78.9 Å². The van der Waals surface area contributed by atoms with Crippen molar-refractivity contribution in [3.63, 3.8) is 0 Å². The van der Waals surface area contributed by atoms with Gasteiger partial charge in [-0.05, 0) is 61.9 Å². The van der Waals surface area contributed by atoms with Crippen molar-refractivity contribution in [2.24, 2.45) is 5.92 Å². The smallest absolute Gasteiger partial charge is 0.232 e. The number of amides is 1. The van der Waals surface area contributed by atoms with Gasteiger partial charge in [0.1, 0.15) is 0 Å². The van der Waals surface area contributed by atoms with Gasteiger partial charge in [0.15, 0.2) is 0 Å². The van der Waals surface area contributed by atoms with Crippen molar-refractivity contribution in [1.29, 1.82) is 0 Å². The first kappa shape index (κ1) is 24.8. The first-order valence-corrected chi connectivity index (χ1v) is 11.8. The van der Waals surface area contributed by atoms with Gasteiger partial charge < -0.3 is 5.32 Å². The summed E-state index contributed by atoms with van der Waals surface area (Å²) in [6.07, 6.45) is 5.57. The van der Waals surface area contributed by atoms with Crippen LogP contribution in [0, 0.1) is 33.6 Å². The largest absolute Gasteiger partial charge is 0.325 e. The van der Waals surface area contributed by atoms with Crippen LogP contribution >= 0.6 is 0 Å². The van der Waals surface area contributed by atoms with E-state index in [4.69, 9.17) is 4.98 Å². The normalized spacial score (nSPS) is 18.5. The standard InChI is InChI=1S/C22H24N2O.2C3H8/c1-11-6-12(2)19(13(3)7-11)16-8-14(4)20-21-17(24-22(20)25)9-15(5)23-18(21)10-16;2*1-3-2/h6-9,14,20H,10H2,1-5H3,(H,24,25);2*3H2,1-2H3. The monoisotopic (exact) mass is 420 g/mol. The Labute approximate surface area is 189 Å². The fourth-order valence-electron chi connectivity index (χ4n) is 4.69. The highest BCUT2D eigenvalue weighted by molar-refractivity contribution is 6.04. The predicted octanol–water partition coefficient (Wildman–Crippen LogP) is 7.46. The van der Waals surface area contributed by atoms with E-state index < -0.39 is 0 Å². The Hall–Kier alpha value is -2.42. The van der Waals surface area contributed by atoms with E-state index in [-0.39, 0.29) is 17.7 Å². The zero-order chi connectivity index (χ0) is 23.3. The third-order valence-electron chi connectivity index (χ3n) is 5.46. The van der Waals surface area contributed by atoms with Crippen LogP contribution < -0.4 is 5.32 Å². The molecule has 1 aromatic carbocycles. The molecule has 0 bridgehead atoms. The number of anilines is 1. The number of nitrogens with zero attached hydrogens (tertiary/aromatic N) is 1. The van der Waals surface area contributed by atoms with Gasteiger partial charge in [0.2, 0.25) is 5.91 Å². The van der Waals surface area contributed by atoms with E-state index >= 15 is 0 Å². The minimum Gasteiger partial charge on any atom is -0.325 e. The number of aromatic nitrogens is 1. The van der Waals surface area contributed by atoms with Crippen LogP contribution in [-0.4, -0.2) is 10.9 Å². The lowest BCUT2D eigenvalue weighted by molar-refractivity contribution is -0.117. The third-order valence-corrected chi connectivity index (χ3v) is 5.46. The molecule has 168 valence electrons. The van der Waals surface area contributed by atoms with Gasteiger partial charge in [-0.2, -0.15) is 0 Å². The van der Waals surface area contributed by atoms with Crippen molar-refractivity contribution < 1.29 is 4.79 Å². The topological polar surface area (TPSA) is 42.0 Å². The second-order valence-electron chi connectivity index (χ2n) is 9.05. The third kappa shape index (κ3) is 5.44. The Morgan fingerprint density at radius 2 is 1.52 bits per heavy atom. The number of aryl methyl sites for hydroxylation is 4. The highest BCUT2D eigenvalue weighted by Crippen LogP contribution is 2.44. The first-order valence-electron chi connectivity index (χ1n) is 11.8. The first-order chi connectivity index (χ1) is 14.7. The average molecular weight is 421 g/mol. The Kier molecular flexibility index (Phi) is 8.61. The number of hydrogen-bond acceptors (Lipinski definition) is 2. The molecule has 1 aliphatic carbocycles. The number of hydrogen-bond donors (Lipinski definition) is 1. The molecular formula is C28H40N2O. The summed E-state index contributed by atoms with van der Waals surface area (Å²) in [5, 5.41) is 3.05. The molecule has 31 heavy (non-hydrogen) atoms. The molecule has 0 radical (unpaired) electrons. The van der Waals surface area contributed by atoms with E-state index in [1.165, 1.54) is 40.7 Å². The highest BCUT2D eigenvalue weighted by atomic mass is 16.2. The zero-order valence-corrected chi connectivity index (χ0v) is 20.9. The molecule has 2 aliphatic rings. The van der Waals surface area contributed by atoms with Crippen molar-refractivity contribution >= 4 is 17.2 Å². The molecule has 2 atom stereocenters. The minimum atomic E-state index is -0.123. The maximum absolute atomic E-state index is 12.6. The fraction of sp³-hybridized carbons (Fsp3) is 0.500. The summed E-state index contributed by atoms with van der Waals surface area (Å²) in [6.45, 7) is 19.1. The molecule has 0 fully saturated rings. The molecule has 1 aromatic heterocycles. The Morgan fingerprint density at radius 3 is 2.06 bits per heavy atom. The van der Waals surface area contributed by atoms with Crippen LogP contribution in [0.15, 0.2) is 24.3 Å². The van der Waals surface area contributed by atoms with Crippen molar-refractivity contribution in [3.8, 4) is 0 Å². The second-order valence-corrected chi connectivity index (χ2v) is 9.05. The number of pyridine rings is 1. The van der Waals surface area contributed by atoms with Gasteiger partial charge >= 0.3 is 0 Å². The lowest BCUT2D eigenvalue weighted by Gasteiger charge is -2.16. The lowest BCUT2D eigenvalue weighted by atomic mass is 9.87. The maximum atomic E-state index is 12.6. The summed E-state index contributed by atoms with van der Waals surface area (Å²) >= 11 is 0. The summed E-state index contributed by atoms with van der Waals surface area (Å²) in [5.74, 6) is 0.134. The van der Waals surface area contributed by atoms with E-state index in [1.807, 2.05) is 13.0 Å². The quantitative estimate of drug-likeness (QED) is 0.520. The molecule has 4 rings (SSSR count). The van der Waals surface area contributed by atoms with E-state index in [0.717, 1.165) is 29.1 Å². The SMILES string of the molecule is CCC.CCC.Cc1cc(C)c(C2=CC(C)C3C(=O)Nc4cc(C)nc(c43)C2)c(C)c1. The van der Waals surface area contributed by atoms with Crippen LogP contribution in [-0.2, 0) is 11.2 Å². The van der Waals surface area contributed by atoms with Crippen molar-refractivity contribution in [3.05, 3.63) is 63.5 Å². The average Bonchev–Trinajstić information content (AvgIpc) is 2.89. The van der Waals surface area contributed by atoms with Gasteiger partial charge in [0.25, 0.3) is 0 Å². The van der Waals surface area contributed by atoms with Crippen LogP contribution in [0.1, 0.15) is 92.6 Å². The molecule has 1 amide bonds. The van der Waals surface area contributed by atoms with Crippen LogP contribution in [0.3, 0.4) is 0 Å². The number of allylic oxidation sites excluding steroid dienone is 2. The van der Waals surface area contributed by atoms with Gasteiger partial charge in [-0.1, -0.05) is 71.2 Å². The van der Waals surface area contributed by atoms with Crippen LogP contribution in [0.4, 0.5) is 5.69 Å². The molecule has 0 saturated carbocycles.